The number of ether oxygens (including phenoxy) is 1. The van der Waals surface area contributed by atoms with Crippen LogP contribution in [0.4, 0.5) is 0 Å². The van der Waals surface area contributed by atoms with Crippen LogP contribution in [0.1, 0.15) is 20.7 Å². The van der Waals surface area contributed by atoms with Crippen molar-refractivity contribution in [3.05, 3.63) is 41.5 Å². The van der Waals surface area contributed by atoms with Crippen LogP contribution in [-0.2, 0) is 0 Å². The lowest BCUT2D eigenvalue weighted by molar-refractivity contribution is 0.0686. The molecule has 0 aliphatic heterocycles. The first-order valence-electron chi connectivity index (χ1n) is 5.64. The Labute approximate surface area is 114 Å². The van der Waals surface area contributed by atoms with Crippen molar-refractivity contribution in [2.24, 2.45) is 0 Å². The monoisotopic (exact) mass is 270 g/mol. The standard InChI is InChI=1S/C15H10O5/c1-2-7-20-12-6-4-9-8-10(14(16)17)3-5-11(9)13(12)15(18)19/h1,3-6,8H,7H2,(H,16,17)(H,18,19). The molecule has 2 N–H and O–H groups in total. The Balaban J connectivity index is 2.66. The summed E-state index contributed by atoms with van der Waals surface area (Å²) in [4.78, 5) is 22.3. The van der Waals surface area contributed by atoms with E-state index in [-0.39, 0.29) is 23.5 Å². The second-order valence-corrected chi connectivity index (χ2v) is 3.98. The second-order valence-electron chi connectivity index (χ2n) is 3.98. The number of benzene rings is 2. The Bertz CT molecular complexity index is 740. The van der Waals surface area contributed by atoms with Crippen molar-refractivity contribution in [1.29, 1.82) is 0 Å². The number of carboxylic acid groups (broad SMARTS) is 2. The van der Waals surface area contributed by atoms with Crippen LogP contribution in [-0.4, -0.2) is 28.8 Å². The molecule has 0 amide bonds. The van der Waals surface area contributed by atoms with Crippen molar-refractivity contribution in [2.75, 3.05) is 6.61 Å². The van der Waals surface area contributed by atoms with Gasteiger partial charge in [-0.05, 0) is 29.0 Å². The first-order valence-corrected chi connectivity index (χ1v) is 5.64. The molecule has 0 heterocycles. The second kappa shape index (κ2) is 5.33. The summed E-state index contributed by atoms with van der Waals surface area (Å²) in [6.07, 6.45) is 5.08. The summed E-state index contributed by atoms with van der Waals surface area (Å²) in [7, 11) is 0. The van der Waals surface area contributed by atoms with Gasteiger partial charge in [-0.25, -0.2) is 9.59 Å². The van der Waals surface area contributed by atoms with E-state index in [1.54, 1.807) is 6.07 Å². The molecule has 0 aliphatic carbocycles. The molecule has 0 atom stereocenters. The van der Waals surface area contributed by atoms with Gasteiger partial charge in [-0.2, -0.15) is 0 Å². The van der Waals surface area contributed by atoms with E-state index in [1.165, 1.54) is 24.3 Å². The summed E-state index contributed by atoms with van der Waals surface area (Å²) in [5.74, 6) is 0.186. The van der Waals surface area contributed by atoms with Crippen molar-refractivity contribution in [1.82, 2.24) is 0 Å². The smallest absolute Gasteiger partial charge is 0.340 e. The zero-order valence-electron chi connectivity index (χ0n) is 10.3. The topological polar surface area (TPSA) is 83.8 Å². The third kappa shape index (κ3) is 2.40. The number of terminal acetylenes is 1. The molecule has 5 nitrogen and oxygen atoms in total. The average Bonchev–Trinajstić information content (AvgIpc) is 2.43. The van der Waals surface area contributed by atoms with E-state index in [0.717, 1.165) is 0 Å². The number of rotatable bonds is 4. The molecule has 2 aromatic rings. The highest BCUT2D eigenvalue weighted by Crippen LogP contribution is 2.29. The maximum Gasteiger partial charge on any atom is 0.340 e. The number of carboxylic acids is 2. The van der Waals surface area contributed by atoms with Gasteiger partial charge in [0.05, 0.1) is 5.56 Å². The predicted octanol–water partition coefficient (Wildman–Crippen LogP) is 2.25. The normalized spacial score (nSPS) is 9.95. The lowest BCUT2D eigenvalue weighted by atomic mass is 10.0. The lowest BCUT2D eigenvalue weighted by Crippen LogP contribution is -2.05. The molecule has 0 saturated heterocycles. The highest BCUT2D eigenvalue weighted by molar-refractivity contribution is 6.07. The molecule has 0 aromatic heterocycles. The Morgan fingerprint density at radius 2 is 1.90 bits per heavy atom. The van der Waals surface area contributed by atoms with Crippen LogP contribution in [0.25, 0.3) is 10.8 Å². The molecular weight excluding hydrogens is 260 g/mol. The van der Waals surface area contributed by atoms with Gasteiger partial charge >= 0.3 is 11.9 Å². The summed E-state index contributed by atoms with van der Waals surface area (Å²) in [5, 5.41) is 19.1. The Kier molecular flexibility index (Phi) is 3.58. The predicted molar refractivity (Wildman–Crippen MR) is 72.2 cm³/mol. The number of fused-ring (bicyclic) bond motifs is 1. The van der Waals surface area contributed by atoms with E-state index >= 15 is 0 Å². The van der Waals surface area contributed by atoms with Crippen LogP contribution in [0.3, 0.4) is 0 Å². The van der Waals surface area contributed by atoms with E-state index in [4.69, 9.17) is 16.3 Å². The largest absolute Gasteiger partial charge is 0.480 e. The van der Waals surface area contributed by atoms with Gasteiger partial charge in [0.15, 0.2) is 0 Å². The molecule has 2 aromatic carbocycles. The van der Waals surface area contributed by atoms with Gasteiger partial charge in [-0.15, -0.1) is 6.42 Å². The molecule has 0 saturated carbocycles. The molecule has 0 bridgehead atoms. The van der Waals surface area contributed by atoms with E-state index in [0.29, 0.717) is 10.8 Å². The van der Waals surface area contributed by atoms with E-state index in [2.05, 4.69) is 5.92 Å². The Hall–Kier alpha value is -3.00. The average molecular weight is 270 g/mol. The van der Waals surface area contributed by atoms with E-state index in [9.17, 15) is 14.7 Å². The molecule has 5 heteroatoms. The minimum absolute atomic E-state index is 0.0327. The quantitative estimate of drug-likeness (QED) is 0.832. The molecule has 0 unspecified atom stereocenters. The van der Waals surface area contributed by atoms with Crippen molar-refractivity contribution in [3.8, 4) is 18.1 Å². The zero-order chi connectivity index (χ0) is 14.7. The van der Waals surface area contributed by atoms with E-state index in [1.807, 2.05) is 0 Å². The zero-order valence-corrected chi connectivity index (χ0v) is 10.3. The highest BCUT2D eigenvalue weighted by Gasteiger charge is 2.16. The number of carbonyl (C=O) groups is 2. The minimum atomic E-state index is -1.16. The van der Waals surface area contributed by atoms with Crippen molar-refractivity contribution in [2.45, 2.75) is 0 Å². The Morgan fingerprint density at radius 1 is 1.15 bits per heavy atom. The summed E-state index contributed by atoms with van der Waals surface area (Å²) < 4.78 is 5.20. The Morgan fingerprint density at radius 3 is 2.50 bits per heavy atom. The van der Waals surface area contributed by atoms with Gasteiger partial charge in [0.1, 0.15) is 17.9 Å². The van der Waals surface area contributed by atoms with Gasteiger partial charge in [0.2, 0.25) is 0 Å². The molecule has 20 heavy (non-hydrogen) atoms. The van der Waals surface area contributed by atoms with Crippen LogP contribution in [0, 0.1) is 12.3 Å². The van der Waals surface area contributed by atoms with E-state index < -0.39 is 11.9 Å². The minimum Gasteiger partial charge on any atom is -0.480 e. The maximum atomic E-state index is 11.4. The first kappa shape index (κ1) is 13.4. The maximum absolute atomic E-state index is 11.4. The third-order valence-corrected chi connectivity index (χ3v) is 2.75. The van der Waals surface area contributed by atoms with Crippen molar-refractivity contribution >= 4 is 22.7 Å². The van der Waals surface area contributed by atoms with Gasteiger partial charge in [-0.1, -0.05) is 18.1 Å². The molecule has 0 fully saturated rings. The summed E-state index contributed by atoms with van der Waals surface area (Å²) in [5.41, 5.74) is 0.0563. The molecular formula is C15H10O5. The van der Waals surface area contributed by atoms with Crippen LogP contribution in [0.2, 0.25) is 0 Å². The summed E-state index contributed by atoms with van der Waals surface area (Å²) in [6, 6.07) is 7.27. The molecule has 2 rings (SSSR count). The first-order chi connectivity index (χ1) is 9.54. The van der Waals surface area contributed by atoms with Crippen LogP contribution in [0.5, 0.6) is 5.75 Å². The van der Waals surface area contributed by atoms with Crippen LogP contribution < -0.4 is 4.74 Å². The van der Waals surface area contributed by atoms with Crippen molar-refractivity contribution in [3.63, 3.8) is 0 Å². The van der Waals surface area contributed by atoms with Gasteiger partial charge in [0, 0.05) is 0 Å². The fraction of sp³-hybridized carbons (Fsp3) is 0.0667. The number of hydrogen-bond acceptors (Lipinski definition) is 3. The lowest BCUT2D eigenvalue weighted by Gasteiger charge is -2.10. The SMILES string of the molecule is C#CCOc1ccc2cc(C(=O)O)ccc2c1C(=O)O. The van der Waals surface area contributed by atoms with Crippen LogP contribution >= 0.6 is 0 Å². The van der Waals surface area contributed by atoms with Gasteiger partial charge in [-0.3, -0.25) is 0 Å². The van der Waals surface area contributed by atoms with Gasteiger partial charge in [0.25, 0.3) is 0 Å². The summed E-state index contributed by atoms with van der Waals surface area (Å²) >= 11 is 0. The van der Waals surface area contributed by atoms with Gasteiger partial charge < -0.3 is 14.9 Å². The fourth-order valence-corrected chi connectivity index (χ4v) is 1.90. The molecule has 0 aliphatic rings. The third-order valence-electron chi connectivity index (χ3n) is 2.75. The highest BCUT2D eigenvalue weighted by atomic mass is 16.5. The molecule has 100 valence electrons. The number of hydrogen-bond donors (Lipinski definition) is 2. The summed E-state index contributed by atoms with van der Waals surface area (Å²) in [6.45, 7) is -0.0427. The fourth-order valence-electron chi connectivity index (χ4n) is 1.90. The molecule has 0 radical (unpaired) electrons. The number of aromatic carboxylic acids is 2. The van der Waals surface area contributed by atoms with Crippen LogP contribution in [0.15, 0.2) is 30.3 Å². The van der Waals surface area contributed by atoms with Crippen molar-refractivity contribution < 1.29 is 24.5 Å². The molecule has 0 spiro atoms.